The van der Waals surface area contributed by atoms with Crippen molar-refractivity contribution < 1.29 is 19.1 Å². The van der Waals surface area contributed by atoms with Crippen LogP contribution in [0.2, 0.25) is 0 Å². The molecule has 2 aromatic rings. The van der Waals surface area contributed by atoms with E-state index in [1.807, 2.05) is 37.3 Å². The Hall–Kier alpha value is -2.82. The molecule has 126 valence electrons. The Morgan fingerprint density at radius 2 is 1.71 bits per heavy atom. The molecule has 0 saturated heterocycles. The van der Waals surface area contributed by atoms with Crippen LogP contribution >= 0.6 is 0 Å². The first kappa shape index (κ1) is 17.5. The molecule has 0 saturated carbocycles. The highest BCUT2D eigenvalue weighted by Gasteiger charge is 2.18. The van der Waals surface area contributed by atoms with Crippen molar-refractivity contribution in [3.8, 4) is 5.75 Å². The van der Waals surface area contributed by atoms with Crippen LogP contribution in [0.25, 0.3) is 0 Å². The molecule has 1 atom stereocenters. The van der Waals surface area contributed by atoms with Gasteiger partial charge in [-0.05, 0) is 43.7 Å². The maximum atomic E-state index is 12.0. The molecular formula is C19H21NO4. The third kappa shape index (κ3) is 5.12. The first-order chi connectivity index (χ1) is 11.6. The van der Waals surface area contributed by atoms with Gasteiger partial charge in [-0.1, -0.05) is 30.3 Å². The van der Waals surface area contributed by atoms with Gasteiger partial charge in [-0.15, -0.1) is 0 Å². The lowest BCUT2D eigenvalue weighted by Crippen LogP contribution is -2.35. The maximum Gasteiger partial charge on any atom is 0.338 e. The summed E-state index contributed by atoms with van der Waals surface area (Å²) in [6, 6.07) is 16.4. The Bertz CT molecular complexity index is 668. The number of hydrogen-bond acceptors (Lipinski definition) is 4. The largest absolute Gasteiger partial charge is 0.489 e. The fraction of sp³-hybridized carbons (Fsp3) is 0.263. The monoisotopic (exact) mass is 327 g/mol. The fourth-order valence-corrected chi connectivity index (χ4v) is 2.02. The molecule has 0 spiro atoms. The highest BCUT2D eigenvalue weighted by atomic mass is 16.5. The number of ether oxygens (including phenoxy) is 2. The molecule has 0 heterocycles. The number of benzene rings is 2. The van der Waals surface area contributed by atoms with Crippen molar-refractivity contribution >= 4 is 11.9 Å². The van der Waals surface area contributed by atoms with Crippen molar-refractivity contribution in [2.75, 3.05) is 6.54 Å². The molecule has 24 heavy (non-hydrogen) atoms. The standard InChI is InChI=1S/C19H21NO4/c1-3-20-18(21)14(2)24-19(22)16-11-9-15(10-12-16)13-23-17-7-5-4-6-8-17/h4-12,14H,3,13H2,1-2H3,(H,20,21)/t14-/m1/s1. The maximum absolute atomic E-state index is 12.0. The van der Waals surface area contributed by atoms with Gasteiger partial charge in [0.1, 0.15) is 12.4 Å². The number of esters is 1. The van der Waals surface area contributed by atoms with Crippen LogP contribution in [0, 0.1) is 0 Å². The quantitative estimate of drug-likeness (QED) is 0.794. The molecule has 0 unspecified atom stereocenters. The van der Waals surface area contributed by atoms with Crippen molar-refractivity contribution in [3.63, 3.8) is 0 Å². The summed E-state index contributed by atoms with van der Waals surface area (Å²) < 4.78 is 10.8. The Morgan fingerprint density at radius 1 is 1.04 bits per heavy atom. The van der Waals surface area contributed by atoms with Crippen LogP contribution in [0.1, 0.15) is 29.8 Å². The lowest BCUT2D eigenvalue weighted by molar-refractivity contribution is -0.128. The van der Waals surface area contributed by atoms with Crippen molar-refractivity contribution in [2.24, 2.45) is 0 Å². The topological polar surface area (TPSA) is 64.6 Å². The number of likely N-dealkylation sites (N-methyl/N-ethyl adjacent to an activating group) is 1. The second-order valence-corrected chi connectivity index (χ2v) is 5.24. The number of carbonyl (C=O) groups is 2. The molecule has 2 aromatic carbocycles. The summed E-state index contributed by atoms with van der Waals surface area (Å²) in [7, 11) is 0. The van der Waals surface area contributed by atoms with E-state index in [9.17, 15) is 9.59 Å². The van der Waals surface area contributed by atoms with Gasteiger partial charge in [0.05, 0.1) is 5.56 Å². The average Bonchev–Trinajstić information content (AvgIpc) is 2.61. The zero-order valence-electron chi connectivity index (χ0n) is 13.8. The predicted molar refractivity (Wildman–Crippen MR) is 90.8 cm³/mol. The minimum Gasteiger partial charge on any atom is -0.489 e. The minimum absolute atomic E-state index is 0.307. The normalized spacial score (nSPS) is 11.4. The zero-order valence-corrected chi connectivity index (χ0v) is 13.8. The number of carbonyl (C=O) groups excluding carboxylic acids is 2. The first-order valence-electron chi connectivity index (χ1n) is 7.85. The number of hydrogen-bond donors (Lipinski definition) is 1. The predicted octanol–water partition coefficient (Wildman–Crippen LogP) is 2.95. The van der Waals surface area contributed by atoms with E-state index in [-0.39, 0.29) is 5.91 Å². The van der Waals surface area contributed by atoms with Crippen LogP contribution in [-0.2, 0) is 16.1 Å². The SMILES string of the molecule is CCNC(=O)[C@@H](C)OC(=O)c1ccc(COc2ccccc2)cc1. The van der Waals surface area contributed by atoms with Gasteiger partial charge >= 0.3 is 5.97 Å². The van der Waals surface area contributed by atoms with E-state index in [0.717, 1.165) is 11.3 Å². The molecule has 2 rings (SSSR count). The lowest BCUT2D eigenvalue weighted by Gasteiger charge is -2.13. The number of amides is 1. The molecule has 5 nitrogen and oxygen atoms in total. The molecule has 0 radical (unpaired) electrons. The fourth-order valence-electron chi connectivity index (χ4n) is 2.02. The summed E-state index contributed by atoms with van der Waals surface area (Å²) in [4.78, 5) is 23.6. The molecule has 0 fully saturated rings. The van der Waals surface area contributed by atoms with Crippen LogP contribution in [-0.4, -0.2) is 24.5 Å². The van der Waals surface area contributed by atoms with E-state index in [2.05, 4.69) is 5.32 Å². The van der Waals surface area contributed by atoms with Gasteiger partial charge in [-0.3, -0.25) is 4.79 Å². The Morgan fingerprint density at radius 3 is 2.33 bits per heavy atom. The molecule has 0 aliphatic heterocycles. The van der Waals surface area contributed by atoms with Crippen LogP contribution in [0.4, 0.5) is 0 Å². The van der Waals surface area contributed by atoms with Crippen LogP contribution < -0.4 is 10.1 Å². The summed E-state index contributed by atoms with van der Waals surface area (Å²) in [6.07, 6.45) is -0.821. The van der Waals surface area contributed by atoms with Gasteiger partial charge in [0.15, 0.2) is 6.10 Å². The van der Waals surface area contributed by atoms with E-state index in [1.54, 1.807) is 31.2 Å². The van der Waals surface area contributed by atoms with Crippen LogP contribution in [0.5, 0.6) is 5.75 Å². The van der Waals surface area contributed by atoms with Gasteiger partial charge in [-0.25, -0.2) is 4.79 Å². The third-order valence-electron chi connectivity index (χ3n) is 3.34. The van der Waals surface area contributed by atoms with Gasteiger partial charge in [0.25, 0.3) is 5.91 Å². The van der Waals surface area contributed by atoms with Crippen molar-refractivity contribution in [2.45, 2.75) is 26.6 Å². The van der Waals surface area contributed by atoms with Gasteiger partial charge in [0.2, 0.25) is 0 Å². The summed E-state index contributed by atoms with van der Waals surface area (Å²) in [5, 5.41) is 2.61. The first-order valence-corrected chi connectivity index (χ1v) is 7.85. The van der Waals surface area contributed by atoms with Gasteiger partial charge in [-0.2, -0.15) is 0 Å². The number of nitrogens with one attached hydrogen (secondary N) is 1. The highest BCUT2D eigenvalue weighted by Crippen LogP contribution is 2.13. The smallest absolute Gasteiger partial charge is 0.338 e. The van der Waals surface area contributed by atoms with E-state index in [1.165, 1.54) is 0 Å². The highest BCUT2D eigenvalue weighted by molar-refractivity contribution is 5.92. The molecule has 1 N–H and O–H groups in total. The molecule has 0 aliphatic rings. The Kier molecular flexibility index (Phi) is 6.37. The van der Waals surface area contributed by atoms with Gasteiger partial charge < -0.3 is 14.8 Å². The summed E-state index contributed by atoms with van der Waals surface area (Å²) in [6.45, 7) is 4.26. The molecule has 0 aromatic heterocycles. The minimum atomic E-state index is -0.821. The second-order valence-electron chi connectivity index (χ2n) is 5.24. The molecule has 0 bridgehead atoms. The van der Waals surface area contributed by atoms with Crippen molar-refractivity contribution in [1.29, 1.82) is 0 Å². The zero-order chi connectivity index (χ0) is 17.4. The third-order valence-corrected chi connectivity index (χ3v) is 3.34. The molecule has 0 aliphatic carbocycles. The van der Waals surface area contributed by atoms with Crippen molar-refractivity contribution in [3.05, 3.63) is 65.7 Å². The number of rotatable bonds is 7. The average molecular weight is 327 g/mol. The van der Waals surface area contributed by atoms with Crippen molar-refractivity contribution in [1.82, 2.24) is 5.32 Å². The Labute approximate surface area is 141 Å². The van der Waals surface area contributed by atoms with E-state index < -0.39 is 12.1 Å². The summed E-state index contributed by atoms with van der Waals surface area (Å²) in [5.74, 6) is -0.0419. The molecule has 5 heteroatoms. The van der Waals surface area contributed by atoms with E-state index in [4.69, 9.17) is 9.47 Å². The Balaban J connectivity index is 1.89. The summed E-state index contributed by atoms with van der Waals surface area (Å²) >= 11 is 0. The summed E-state index contributed by atoms with van der Waals surface area (Å²) in [5.41, 5.74) is 1.33. The second kappa shape index (κ2) is 8.72. The number of para-hydroxylation sites is 1. The molecule has 1 amide bonds. The van der Waals surface area contributed by atoms with Crippen LogP contribution in [0.15, 0.2) is 54.6 Å². The van der Waals surface area contributed by atoms with Crippen LogP contribution in [0.3, 0.4) is 0 Å². The van der Waals surface area contributed by atoms with Gasteiger partial charge in [0, 0.05) is 6.54 Å². The van der Waals surface area contributed by atoms with E-state index >= 15 is 0 Å². The molecular weight excluding hydrogens is 306 g/mol. The lowest BCUT2D eigenvalue weighted by atomic mass is 10.1. The van der Waals surface area contributed by atoms with E-state index in [0.29, 0.717) is 18.7 Å².